The number of carbonyl (C=O) groups is 1. The summed E-state index contributed by atoms with van der Waals surface area (Å²) in [6, 6.07) is 5.57. The monoisotopic (exact) mass is 259 g/mol. The lowest BCUT2D eigenvalue weighted by Crippen LogP contribution is -2.32. The molecule has 0 unspecified atom stereocenters. The molecule has 0 bridgehead atoms. The Hall–Kier alpha value is -1.88. The van der Waals surface area contributed by atoms with Gasteiger partial charge in [-0.05, 0) is 30.9 Å². The molecule has 0 spiro atoms. The van der Waals surface area contributed by atoms with Crippen molar-refractivity contribution in [3.8, 4) is 0 Å². The van der Waals surface area contributed by atoms with Gasteiger partial charge >= 0.3 is 0 Å². The summed E-state index contributed by atoms with van der Waals surface area (Å²) >= 11 is 0. The lowest BCUT2D eigenvalue weighted by molar-refractivity contribution is 0.0642. The fraction of sp³-hybridized carbons (Fsp3) is 0.429. The van der Waals surface area contributed by atoms with Gasteiger partial charge in [-0.25, -0.2) is 0 Å². The molecule has 19 heavy (non-hydrogen) atoms. The summed E-state index contributed by atoms with van der Waals surface area (Å²) in [5, 5.41) is 10.8. The average molecular weight is 259 g/mol. The standard InChI is InChI=1S/C14H17N3O2/c18-14(15-8-10-3-5-19-6-4-10)11-1-2-12-9-16-17-13(12)7-11/h1-2,7,9-10H,3-6,8H2,(H,15,18)(H,16,17). The van der Waals surface area contributed by atoms with E-state index < -0.39 is 0 Å². The maximum absolute atomic E-state index is 12.1. The normalized spacial score (nSPS) is 16.6. The topological polar surface area (TPSA) is 67.0 Å². The van der Waals surface area contributed by atoms with E-state index in [0.717, 1.165) is 43.5 Å². The quantitative estimate of drug-likeness (QED) is 0.882. The van der Waals surface area contributed by atoms with E-state index >= 15 is 0 Å². The van der Waals surface area contributed by atoms with Gasteiger partial charge in [0, 0.05) is 30.7 Å². The van der Waals surface area contributed by atoms with Crippen molar-refractivity contribution in [1.29, 1.82) is 0 Å². The number of aromatic amines is 1. The van der Waals surface area contributed by atoms with E-state index in [2.05, 4.69) is 15.5 Å². The number of hydrogen-bond donors (Lipinski definition) is 2. The first-order chi connectivity index (χ1) is 9.33. The van der Waals surface area contributed by atoms with Gasteiger partial charge in [-0.1, -0.05) is 6.07 Å². The zero-order valence-corrected chi connectivity index (χ0v) is 10.7. The Labute approximate surface area is 111 Å². The minimum absolute atomic E-state index is 0.0250. The molecule has 1 aromatic heterocycles. The maximum Gasteiger partial charge on any atom is 0.251 e. The third kappa shape index (κ3) is 2.76. The first-order valence-electron chi connectivity index (χ1n) is 6.62. The molecule has 0 atom stereocenters. The van der Waals surface area contributed by atoms with Crippen LogP contribution < -0.4 is 5.32 Å². The summed E-state index contributed by atoms with van der Waals surface area (Å²) in [4.78, 5) is 12.1. The van der Waals surface area contributed by atoms with Gasteiger partial charge in [0.1, 0.15) is 0 Å². The van der Waals surface area contributed by atoms with Crippen molar-refractivity contribution < 1.29 is 9.53 Å². The molecule has 0 aliphatic carbocycles. The Kier molecular flexibility index (Phi) is 3.46. The highest BCUT2D eigenvalue weighted by Crippen LogP contribution is 2.15. The summed E-state index contributed by atoms with van der Waals surface area (Å²) < 4.78 is 5.31. The lowest BCUT2D eigenvalue weighted by Gasteiger charge is -2.22. The Morgan fingerprint density at radius 2 is 2.26 bits per heavy atom. The highest BCUT2D eigenvalue weighted by Gasteiger charge is 2.15. The van der Waals surface area contributed by atoms with Gasteiger partial charge < -0.3 is 10.1 Å². The minimum atomic E-state index is -0.0250. The van der Waals surface area contributed by atoms with Crippen molar-refractivity contribution >= 4 is 16.8 Å². The fourth-order valence-corrected chi connectivity index (χ4v) is 2.37. The predicted octanol–water partition coefficient (Wildman–Crippen LogP) is 1.72. The molecule has 100 valence electrons. The van der Waals surface area contributed by atoms with E-state index in [-0.39, 0.29) is 5.91 Å². The number of amides is 1. The van der Waals surface area contributed by atoms with Gasteiger partial charge in [-0.15, -0.1) is 0 Å². The maximum atomic E-state index is 12.1. The molecule has 1 aliphatic heterocycles. The molecule has 1 aromatic carbocycles. The van der Waals surface area contributed by atoms with Crippen LogP contribution >= 0.6 is 0 Å². The molecule has 5 heteroatoms. The van der Waals surface area contributed by atoms with Crippen molar-refractivity contribution in [3.63, 3.8) is 0 Å². The first kappa shape index (κ1) is 12.2. The van der Waals surface area contributed by atoms with E-state index in [1.54, 1.807) is 6.20 Å². The van der Waals surface area contributed by atoms with Crippen LogP contribution in [0.5, 0.6) is 0 Å². The molecule has 2 heterocycles. The van der Waals surface area contributed by atoms with Crippen LogP contribution in [0, 0.1) is 5.92 Å². The number of nitrogens with zero attached hydrogens (tertiary/aromatic N) is 1. The second-order valence-corrected chi connectivity index (χ2v) is 4.94. The van der Waals surface area contributed by atoms with Crippen LogP contribution in [0.4, 0.5) is 0 Å². The first-order valence-corrected chi connectivity index (χ1v) is 6.62. The molecular formula is C14H17N3O2. The summed E-state index contributed by atoms with van der Waals surface area (Å²) in [5.74, 6) is 0.511. The minimum Gasteiger partial charge on any atom is -0.381 e. The van der Waals surface area contributed by atoms with Crippen molar-refractivity contribution in [2.24, 2.45) is 5.92 Å². The van der Waals surface area contributed by atoms with Gasteiger partial charge in [0.05, 0.1) is 11.7 Å². The van der Waals surface area contributed by atoms with Crippen LogP contribution in [0.2, 0.25) is 0 Å². The van der Waals surface area contributed by atoms with Crippen molar-refractivity contribution in [2.75, 3.05) is 19.8 Å². The van der Waals surface area contributed by atoms with E-state index in [0.29, 0.717) is 11.5 Å². The number of H-pyrrole nitrogens is 1. The summed E-state index contributed by atoms with van der Waals surface area (Å²) in [5.41, 5.74) is 1.56. The lowest BCUT2D eigenvalue weighted by atomic mass is 10.0. The Morgan fingerprint density at radius 1 is 1.42 bits per heavy atom. The highest BCUT2D eigenvalue weighted by atomic mass is 16.5. The molecule has 0 radical (unpaired) electrons. The third-order valence-corrected chi connectivity index (χ3v) is 3.60. The number of carbonyl (C=O) groups excluding carboxylic acids is 1. The van der Waals surface area contributed by atoms with Crippen LogP contribution in [-0.4, -0.2) is 35.9 Å². The van der Waals surface area contributed by atoms with Crippen LogP contribution in [0.3, 0.4) is 0 Å². The molecular weight excluding hydrogens is 242 g/mol. The number of ether oxygens (including phenoxy) is 1. The van der Waals surface area contributed by atoms with Crippen molar-refractivity contribution in [2.45, 2.75) is 12.8 Å². The SMILES string of the molecule is O=C(NCC1CCOCC1)c1ccc2cn[nH]c2c1. The van der Waals surface area contributed by atoms with Crippen LogP contribution in [0.1, 0.15) is 23.2 Å². The van der Waals surface area contributed by atoms with Gasteiger partial charge in [-0.3, -0.25) is 9.89 Å². The van der Waals surface area contributed by atoms with Gasteiger partial charge in [0.2, 0.25) is 0 Å². The van der Waals surface area contributed by atoms with E-state index in [9.17, 15) is 4.79 Å². The zero-order chi connectivity index (χ0) is 13.1. The smallest absolute Gasteiger partial charge is 0.251 e. The van der Waals surface area contributed by atoms with Crippen LogP contribution in [0.15, 0.2) is 24.4 Å². The number of nitrogens with one attached hydrogen (secondary N) is 2. The number of rotatable bonds is 3. The molecule has 5 nitrogen and oxygen atoms in total. The predicted molar refractivity (Wildman–Crippen MR) is 72.0 cm³/mol. The highest BCUT2D eigenvalue weighted by molar-refractivity contribution is 5.97. The van der Waals surface area contributed by atoms with Gasteiger partial charge in [0.25, 0.3) is 5.91 Å². The van der Waals surface area contributed by atoms with Gasteiger partial charge in [-0.2, -0.15) is 5.10 Å². The zero-order valence-electron chi connectivity index (χ0n) is 10.7. The number of hydrogen-bond acceptors (Lipinski definition) is 3. The van der Waals surface area contributed by atoms with Crippen molar-refractivity contribution in [1.82, 2.24) is 15.5 Å². The molecule has 1 amide bonds. The molecule has 1 aliphatic rings. The van der Waals surface area contributed by atoms with E-state index in [4.69, 9.17) is 4.74 Å². The Morgan fingerprint density at radius 3 is 3.11 bits per heavy atom. The van der Waals surface area contributed by atoms with Gasteiger partial charge in [0.15, 0.2) is 0 Å². The average Bonchev–Trinajstić information content (AvgIpc) is 2.93. The molecule has 2 N–H and O–H groups in total. The summed E-state index contributed by atoms with van der Waals surface area (Å²) in [6.45, 7) is 2.34. The Bertz CT molecular complexity index is 573. The second kappa shape index (κ2) is 5.40. The largest absolute Gasteiger partial charge is 0.381 e. The molecule has 2 aromatic rings. The molecule has 3 rings (SSSR count). The second-order valence-electron chi connectivity index (χ2n) is 4.94. The summed E-state index contributed by atoms with van der Waals surface area (Å²) in [7, 11) is 0. The molecule has 1 saturated heterocycles. The third-order valence-electron chi connectivity index (χ3n) is 3.60. The van der Waals surface area contributed by atoms with Crippen molar-refractivity contribution in [3.05, 3.63) is 30.0 Å². The molecule has 0 saturated carbocycles. The molecule has 1 fully saturated rings. The fourth-order valence-electron chi connectivity index (χ4n) is 2.37. The number of aromatic nitrogens is 2. The van der Waals surface area contributed by atoms with Crippen LogP contribution in [0.25, 0.3) is 10.9 Å². The van der Waals surface area contributed by atoms with Crippen LogP contribution in [-0.2, 0) is 4.74 Å². The van der Waals surface area contributed by atoms with E-state index in [1.807, 2.05) is 18.2 Å². The number of benzene rings is 1. The Balaban J connectivity index is 1.62. The van der Waals surface area contributed by atoms with E-state index in [1.165, 1.54) is 0 Å². The number of fused-ring (bicyclic) bond motifs is 1. The summed E-state index contributed by atoms with van der Waals surface area (Å²) in [6.07, 6.45) is 3.80.